The van der Waals surface area contributed by atoms with Gasteiger partial charge in [-0.1, -0.05) is 281 Å². The number of likely N-dealkylation sites (N-methyl/N-ethyl adjacent to an activating group) is 1. The highest BCUT2D eigenvalue weighted by Gasteiger charge is 2.23. The summed E-state index contributed by atoms with van der Waals surface area (Å²) in [6.07, 6.45) is 72.0. The molecule has 0 aliphatic carbocycles. The second-order valence-corrected chi connectivity index (χ2v) is 23.8. The molecule has 3 atom stereocenters. The number of allylic oxidation sites excluding steroid dienone is 7. The number of hydrogen-bond donors (Lipinski definition) is 2. The van der Waals surface area contributed by atoms with Crippen LogP contribution in [0.1, 0.15) is 296 Å². The Hall–Kier alpha value is -1.54. The zero-order valence-corrected chi connectivity index (χ0v) is 49.3. The quantitative estimate of drug-likeness (QED) is 0.0272. The Morgan fingerprint density at radius 3 is 1.17 bits per heavy atom. The topological polar surface area (TPSA) is 108 Å². The largest absolute Gasteiger partial charge is 0.756 e. The van der Waals surface area contributed by atoms with Crippen molar-refractivity contribution in [1.82, 2.24) is 5.32 Å². The van der Waals surface area contributed by atoms with Crippen molar-refractivity contribution in [2.75, 3.05) is 40.9 Å². The summed E-state index contributed by atoms with van der Waals surface area (Å²) in [6.45, 7) is 4.66. The molecular formula is C63H121N2O6P. The molecule has 0 fully saturated rings. The van der Waals surface area contributed by atoms with Gasteiger partial charge in [-0.15, -0.1) is 0 Å². The highest BCUT2D eigenvalue weighted by atomic mass is 31.2. The van der Waals surface area contributed by atoms with Crippen molar-refractivity contribution in [2.24, 2.45) is 0 Å². The van der Waals surface area contributed by atoms with Crippen molar-refractivity contribution in [3.63, 3.8) is 0 Å². The molecule has 0 radical (unpaired) electrons. The van der Waals surface area contributed by atoms with E-state index >= 15 is 0 Å². The molecule has 0 aromatic carbocycles. The van der Waals surface area contributed by atoms with Gasteiger partial charge in [0.25, 0.3) is 7.82 Å². The molecule has 8 nitrogen and oxygen atoms in total. The second kappa shape index (κ2) is 54.3. The summed E-state index contributed by atoms with van der Waals surface area (Å²) in [4.78, 5) is 25.5. The molecular weight excluding hydrogens is 912 g/mol. The van der Waals surface area contributed by atoms with Crippen LogP contribution in [0.3, 0.4) is 0 Å². The number of phosphoric acid groups is 1. The van der Waals surface area contributed by atoms with Crippen LogP contribution in [0.4, 0.5) is 0 Å². The fraction of sp³-hybridized carbons (Fsp3) is 0.857. The van der Waals surface area contributed by atoms with Gasteiger partial charge in [0.15, 0.2) is 0 Å². The first-order valence-corrected chi connectivity index (χ1v) is 32.5. The molecule has 2 N–H and O–H groups in total. The van der Waals surface area contributed by atoms with Gasteiger partial charge in [0, 0.05) is 6.42 Å². The van der Waals surface area contributed by atoms with Crippen molar-refractivity contribution in [3.05, 3.63) is 48.6 Å². The van der Waals surface area contributed by atoms with Gasteiger partial charge >= 0.3 is 0 Å². The van der Waals surface area contributed by atoms with Crippen LogP contribution in [0, 0.1) is 0 Å². The minimum atomic E-state index is -4.60. The van der Waals surface area contributed by atoms with Crippen LogP contribution in [0.15, 0.2) is 48.6 Å². The fourth-order valence-corrected chi connectivity index (χ4v) is 9.89. The van der Waals surface area contributed by atoms with Gasteiger partial charge in [-0.05, 0) is 57.8 Å². The van der Waals surface area contributed by atoms with Gasteiger partial charge in [-0.25, -0.2) is 0 Å². The van der Waals surface area contributed by atoms with E-state index in [2.05, 4.69) is 55.6 Å². The van der Waals surface area contributed by atoms with Crippen LogP contribution in [-0.2, 0) is 18.4 Å². The summed E-state index contributed by atoms with van der Waals surface area (Å²) in [7, 11) is 1.26. The number of unbranched alkanes of at least 4 members (excludes halogenated alkanes) is 38. The van der Waals surface area contributed by atoms with Gasteiger partial charge in [-0.2, -0.15) is 0 Å². The third-order valence-corrected chi connectivity index (χ3v) is 15.0. The SMILES string of the molecule is CCCCCCC/C=C\C/C=C\C/C=C\CCCCCCCCC(=O)NC(COP(=O)([O-])OCC[N+](C)(C)C)C(O)/C=C/CCCCCCCCCCCCCCCCCCCCCCCCCCCCC. The molecule has 0 aromatic rings. The van der Waals surface area contributed by atoms with Crippen molar-refractivity contribution >= 4 is 13.7 Å². The number of hydrogen-bond acceptors (Lipinski definition) is 6. The Morgan fingerprint density at radius 2 is 0.806 bits per heavy atom. The summed E-state index contributed by atoms with van der Waals surface area (Å²) < 4.78 is 23.4. The van der Waals surface area contributed by atoms with Gasteiger partial charge in [0.1, 0.15) is 13.2 Å². The minimum absolute atomic E-state index is 0.00461. The number of quaternary nitrogens is 1. The second-order valence-electron chi connectivity index (χ2n) is 22.4. The monoisotopic (exact) mass is 1030 g/mol. The standard InChI is InChI=1S/C63H121N2O6P/c1-6-8-10-12-14-16-18-20-22-24-26-28-29-30-31-32-33-34-35-37-38-40-42-44-46-48-50-52-54-56-62(66)61(60-71-72(68,69)70-59-58-65(3,4)5)64-63(67)57-55-53-51-49-47-45-43-41-39-36-27-25-23-21-19-17-15-13-11-9-7-2/h19,21,25,27,39,41,54,56,61-62,66H,6-18,20,22-24,26,28-38,40,42-53,55,57-60H2,1-5H3,(H-,64,67,68,69)/b21-19-,27-25-,41-39-,56-54+. The number of aliphatic hydroxyl groups is 1. The lowest BCUT2D eigenvalue weighted by molar-refractivity contribution is -0.870. The number of phosphoric ester groups is 1. The number of aliphatic hydroxyl groups excluding tert-OH is 1. The highest BCUT2D eigenvalue weighted by molar-refractivity contribution is 7.45. The lowest BCUT2D eigenvalue weighted by Gasteiger charge is -2.29. The molecule has 0 saturated heterocycles. The molecule has 0 rings (SSSR count). The van der Waals surface area contributed by atoms with Gasteiger partial charge in [-0.3, -0.25) is 9.36 Å². The molecule has 9 heteroatoms. The maximum atomic E-state index is 13.0. The van der Waals surface area contributed by atoms with E-state index in [1.165, 1.54) is 212 Å². The van der Waals surface area contributed by atoms with Gasteiger partial charge < -0.3 is 28.8 Å². The smallest absolute Gasteiger partial charge is 0.268 e. The van der Waals surface area contributed by atoms with E-state index < -0.39 is 20.0 Å². The van der Waals surface area contributed by atoms with Crippen molar-refractivity contribution in [2.45, 2.75) is 309 Å². The zero-order valence-electron chi connectivity index (χ0n) is 48.4. The molecule has 3 unspecified atom stereocenters. The average molecular weight is 1030 g/mol. The molecule has 0 bridgehead atoms. The number of nitrogens with zero attached hydrogens (tertiary/aromatic N) is 1. The minimum Gasteiger partial charge on any atom is -0.756 e. The van der Waals surface area contributed by atoms with Crippen molar-refractivity contribution < 1.29 is 32.9 Å². The molecule has 424 valence electrons. The molecule has 0 heterocycles. The van der Waals surface area contributed by atoms with E-state index in [1.807, 2.05) is 27.2 Å². The third-order valence-electron chi connectivity index (χ3n) is 14.0. The molecule has 0 saturated carbocycles. The normalized spacial score (nSPS) is 14.2. The van der Waals surface area contributed by atoms with Gasteiger partial charge in [0.2, 0.25) is 5.91 Å². The average Bonchev–Trinajstić information content (AvgIpc) is 3.34. The fourth-order valence-electron chi connectivity index (χ4n) is 9.16. The number of nitrogens with one attached hydrogen (secondary N) is 1. The van der Waals surface area contributed by atoms with Crippen molar-refractivity contribution in [3.8, 4) is 0 Å². The summed E-state index contributed by atoms with van der Waals surface area (Å²) in [5, 5.41) is 13.9. The van der Waals surface area contributed by atoms with E-state index in [4.69, 9.17) is 9.05 Å². The highest BCUT2D eigenvalue weighted by Crippen LogP contribution is 2.38. The third kappa shape index (κ3) is 56.2. The first-order valence-electron chi connectivity index (χ1n) is 31.0. The van der Waals surface area contributed by atoms with E-state index in [0.717, 1.165) is 64.2 Å². The first kappa shape index (κ1) is 70.5. The van der Waals surface area contributed by atoms with E-state index in [-0.39, 0.29) is 19.1 Å². The van der Waals surface area contributed by atoms with Crippen LogP contribution in [0.2, 0.25) is 0 Å². The summed E-state index contributed by atoms with van der Waals surface area (Å²) in [6, 6.07) is -0.896. The van der Waals surface area contributed by atoms with Crippen LogP contribution >= 0.6 is 7.82 Å². The van der Waals surface area contributed by atoms with Crippen molar-refractivity contribution in [1.29, 1.82) is 0 Å². The number of amides is 1. The summed E-state index contributed by atoms with van der Waals surface area (Å²) >= 11 is 0. The van der Waals surface area contributed by atoms with Crippen LogP contribution in [-0.4, -0.2) is 68.5 Å². The number of carbonyl (C=O) groups is 1. The molecule has 0 aliphatic rings. The Morgan fingerprint density at radius 1 is 0.486 bits per heavy atom. The first-order chi connectivity index (χ1) is 35.0. The summed E-state index contributed by atoms with van der Waals surface area (Å²) in [5.41, 5.74) is 0. The summed E-state index contributed by atoms with van der Waals surface area (Å²) in [5.74, 6) is -0.207. The molecule has 1 amide bonds. The van der Waals surface area contributed by atoms with E-state index in [0.29, 0.717) is 17.4 Å². The Labute approximate surface area is 448 Å². The van der Waals surface area contributed by atoms with Crippen LogP contribution < -0.4 is 10.2 Å². The lowest BCUT2D eigenvalue weighted by Crippen LogP contribution is -2.45. The number of rotatable bonds is 57. The number of carbonyl (C=O) groups excluding carboxylic acids is 1. The zero-order chi connectivity index (χ0) is 52.7. The maximum Gasteiger partial charge on any atom is 0.268 e. The molecule has 72 heavy (non-hydrogen) atoms. The Kier molecular flexibility index (Phi) is 53.1. The molecule has 0 aromatic heterocycles. The Balaban J connectivity index is 4.17. The van der Waals surface area contributed by atoms with Crippen LogP contribution in [0.5, 0.6) is 0 Å². The molecule has 0 spiro atoms. The molecule has 0 aliphatic heterocycles. The van der Waals surface area contributed by atoms with Crippen LogP contribution in [0.25, 0.3) is 0 Å². The Bertz CT molecular complexity index is 1310. The predicted molar refractivity (Wildman–Crippen MR) is 311 cm³/mol. The maximum absolute atomic E-state index is 13.0. The lowest BCUT2D eigenvalue weighted by atomic mass is 10.0. The predicted octanol–water partition coefficient (Wildman–Crippen LogP) is 18.5. The van der Waals surface area contributed by atoms with Gasteiger partial charge in [0.05, 0.1) is 39.9 Å². The van der Waals surface area contributed by atoms with E-state index in [9.17, 15) is 19.4 Å². The van der Waals surface area contributed by atoms with E-state index in [1.54, 1.807) is 6.08 Å².